The van der Waals surface area contributed by atoms with Crippen molar-refractivity contribution in [3.05, 3.63) is 23.3 Å². The van der Waals surface area contributed by atoms with Gasteiger partial charge in [0.25, 0.3) is 11.8 Å². The van der Waals surface area contributed by atoms with E-state index < -0.39 is 12.0 Å². The van der Waals surface area contributed by atoms with Crippen LogP contribution in [0.25, 0.3) is 11.3 Å². The van der Waals surface area contributed by atoms with Gasteiger partial charge in [0.15, 0.2) is 5.13 Å². The smallest absolute Gasteiger partial charge is 0.265 e. The molecule has 0 aliphatic carbocycles. The molecule has 1 saturated heterocycles. The number of aromatic amines is 1. The fourth-order valence-corrected chi connectivity index (χ4v) is 3.13. The number of aromatic nitrogens is 2. The van der Waals surface area contributed by atoms with Crippen LogP contribution in [0.1, 0.15) is 23.3 Å². The predicted octanol–water partition coefficient (Wildman–Crippen LogP) is 0.682. The molecule has 8 nitrogen and oxygen atoms in total. The molecule has 0 saturated carbocycles. The highest BCUT2D eigenvalue weighted by molar-refractivity contribution is 7.14. The van der Waals surface area contributed by atoms with Crippen molar-refractivity contribution in [3.63, 3.8) is 0 Å². The van der Waals surface area contributed by atoms with Crippen LogP contribution in [0.2, 0.25) is 0 Å². The van der Waals surface area contributed by atoms with Gasteiger partial charge in [-0.15, -0.1) is 11.3 Å². The van der Waals surface area contributed by atoms with Crippen LogP contribution in [0.15, 0.2) is 17.6 Å². The largest absolute Gasteiger partial charge is 0.364 e. The van der Waals surface area contributed by atoms with E-state index in [1.807, 2.05) is 0 Å². The van der Waals surface area contributed by atoms with Gasteiger partial charge in [-0.2, -0.15) is 0 Å². The lowest BCUT2D eigenvalue weighted by Gasteiger charge is -2.11. The monoisotopic (exact) mass is 335 g/mol. The highest BCUT2D eigenvalue weighted by atomic mass is 32.1. The lowest BCUT2D eigenvalue weighted by atomic mass is 10.2. The van der Waals surface area contributed by atoms with Crippen molar-refractivity contribution in [2.75, 3.05) is 11.9 Å². The summed E-state index contributed by atoms with van der Waals surface area (Å²) in [6, 6.07) is 1.62. The third-order valence-electron chi connectivity index (χ3n) is 3.64. The van der Waals surface area contributed by atoms with Gasteiger partial charge >= 0.3 is 0 Å². The summed E-state index contributed by atoms with van der Waals surface area (Å²) in [6.45, 7) is 0.418. The molecule has 23 heavy (non-hydrogen) atoms. The van der Waals surface area contributed by atoms with Gasteiger partial charge in [-0.05, 0) is 18.9 Å². The first-order valence-electron chi connectivity index (χ1n) is 7.17. The van der Waals surface area contributed by atoms with E-state index in [0.717, 1.165) is 12.0 Å². The van der Waals surface area contributed by atoms with Crippen molar-refractivity contribution in [1.29, 1.82) is 0 Å². The van der Waals surface area contributed by atoms with E-state index in [-0.39, 0.29) is 12.0 Å². The van der Waals surface area contributed by atoms with Crippen LogP contribution in [-0.2, 0) is 9.53 Å². The standard InChI is InChI=1S/C14H17N5O3S/c15-4-8-1-2-11(22-8)13(21)19-14-18-10(6-23-14)7-3-9(12(16)20)17-5-7/h3,5-6,8,11,17H,1-2,4,15H2,(H2,16,20)(H,18,19,21)/t8-,11+/m1/s1. The van der Waals surface area contributed by atoms with Crippen LogP contribution in [0.5, 0.6) is 0 Å². The Morgan fingerprint density at radius 2 is 2.30 bits per heavy atom. The Morgan fingerprint density at radius 3 is 2.96 bits per heavy atom. The maximum Gasteiger partial charge on any atom is 0.265 e. The van der Waals surface area contributed by atoms with E-state index in [4.69, 9.17) is 16.2 Å². The second kappa shape index (κ2) is 6.49. The molecule has 9 heteroatoms. The Bertz CT molecular complexity index is 726. The summed E-state index contributed by atoms with van der Waals surface area (Å²) in [7, 11) is 0. The van der Waals surface area contributed by atoms with E-state index in [1.165, 1.54) is 11.3 Å². The van der Waals surface area contributed by atoms with E-state index in [0.29, 0.717) is 29.5 Å². The third-order valence-corrected chi connectivity index (χ3v) is 4.40. The van der Waals surface area contributed by atoms with Crippen molar-refractivity contribution in [2.45, 2.75) is 25.0 Å². The van der Waals surface area contributed by atoms with Gasteiger partial charge in [0, 0.05) is 23.7 Å². The zero-order valence-corrected chi connectivity index (χ0v) is 13.1. The Balaban J connectivity index is 1.65. The highest BCUT2D eigenvalue weighted by Gasteiger charge is 2.30. The van der Waals surface area contributed by atoms with Crippen molar-refractivity contribution < 1.29 is 14.3 Å². The van der Waals surface area contributed by atoms with Gasteiger partial charge in [0.05, 0.1) is 11.8 Å². The number of rotatable bonds is 5. The zero-order valence-electron chi connectivity index (χ0n) is 12.2. The fraction of sp³-hybridized carbons (Fsp3) is 0.357. The molecule has 2 atom stereocenters. The summed E-state index contributed by atoms with van der Waals surface area (Å²) < 4.78 is 5.55. The summed E-state index contributed by atoms with van der Waals surface area (Å²) in [5.74, 6) is -0.749. The Kier molecular flexibility index (Phi) is 4.42. The summed E-state index contributed by atoms with van der Waals surface area (Å²) in [6.07, 6.45) is 2.56. The molecule has 122 valence electrons. The summed E-state index contributed by atoms with van der Waals surface area (Å²) in [4.78, 5) is 30.3. The van der Waals surface area contributed by atoms with Crippen molar-refractivity contribution in [2.24, 2.45) is 11.5 Å². The van der Waals surface area contributed by atoms with Crippen LogP contribution >= 0.6 is 11.3 Å². The number of amides is 2. The molecule has 1 fully saturated rings. The topological polar surface area (TPSA) is 136 Å². The number of nitrogens with one attached hydrogen (secondary N) is 2. The van der Waals surface area contributed by atoms with Crippen molar-refractivity contribution >= 4 is 28.3 Å². The molecule has 1 aliphatic rings. The number of nitrogens with zero attached hydrogens (tertiary/aromatic N) is 1. The van der Waals surface area contributed by atoms with Gasteiger partial charge in [-0.3, -0.25) is 14.9 Å². The first-order valence-corrected chi connectivity index (χ1v) is 8.05. The maximum atomic E-state index is 12.1. The summed E-state index contributed by atoms with van der Waals surface area (Å²) >= 11 is 1.30. The molecular formula is C14H17N5O3S. The van der Waals surface area contributed by atoms with Crippen molar-refractivity contribution in [1.82, 2.24) is 9.97 Å². The Hall–Kier alpha value is -2.23. The van der Waals surface area contributed by atoms with Gasteiger partial charge in [-0.25, -0.2) is 4.98 Å². The lowest BCUT2D eigenvalue weighted by Crippen LogP contribution is -2.29. The summed E-state index contributed by atoms with van der Waals surface area (Å²) in [5.41, 5.74) is 12.4. The van der Waals surface area contributed by atoms with Crippen LogP contribution in [0, 0.1) is 0 Å². The quantitative estimate of drug-likeness (QED) is 0.637. The Morgan fingerprint density at radius 1 is 1.48 bits per heavy atom. The van der Waals surface area contributed by atoms with E-state index in [1.54, 1.807) is 17.6 Å². The normalized spacial score (nSPS) is 20.6. The molecule has 2 aromatic heterocycles. The predicted molar refractivity (Wildman–Crippen MR) is 86.0 cm³/mol. The van der Waals surface area contributed by atoms with Crippen LogP contribution in [0.4, 0.5) is 5.13 Å². The third kappa shape index (κ3) is 3.41. The number of carbonyl (C=O) groups is 2. The van der Waals surface area contributed by atoms with Gasteiger partial charge < -0.3 is 21.2 Å². The maximum absolute atomic E-state index is 12.1. The zero-order chi connectivity index (χ0) is 16.4. The minimum Gasteiger partial charge on any atom is -0.364 e. The van der Waals surface area contributed by atoms with Gasteiger partial charge in [0.2, 0.25) is 0 Å². The molecule has 0 spiro atoms. The average molecular weight is 335 g/mol. The first-order chi connectivity index (χ1) is 11.1. The lowest BCUT2D eigenvalue weighted by molar-refractivity contribution is -0.126. The molecule has 0 radical (unpaired) electrons. The van der Waals surface area contributed by atoms with Gasteiger partial charge in [-0.1, -0.05) is 0 Å². The molecule has 6 N–H and O–H groups in total. The minimum absolute atomic E-state index is 0.0512. The number of hydrogen-bond donors (Lipinski definition) is 4. The molecule has 3 heterocycles. The second-order valence-electron chi connectivity index (χ2n) is 5.25. The van der Waals surface area contributed by atoms with E-state index >= 15 is 0 Å². The van der Waals surface area contributed by atoms with E-state index in [9.17, 15) is 9.59 Å². The van der Waals surface area contributed by atoms with Crippen LogP contribution in [0.3, 0.4) is 0 Å². The molecule has 2 amide bonds. The highest BCUT2D eigenvalue weighted by Crippen LogP contribution is 2.26. The van der Waals surface area contributed by atoms with Crippen molar-refractivity contribution in [3.8, 4) is 11.3 Å². The number of ether oxygens (including phenoxy) is 1. The molecular weight excluding hydrogens is 318 g/mol. The molecule has 1 aliphatic heterocycles. The van der Waals surface area contributed by atoms with E-state index in [2.05, 4.69) is 15.3 Å². The molecule has 0 aromatic carbocycles. The summed E-state index contributed by atoms with van der Waals surface area (Å²) in [5, 5.41) is 5.02. The number of anilines is 1. The van der Waals surface area contributed by atoms with Gasteiger partial charge in [0.1, 0.15) is 11.8 Å². The molecule has 0 bridgehead atoms. The average Bonchev–Trinajstić information content (AvgIpc) is 3.26. The number of hydrogen-bond acceptors (Lipinski definition) is 6. The van der Waals surface area contributed by atoms with Crippen LogP contribution in [-0.4, -0.2) is 40.5 Å². The minimum atomic E-state index is -0.534. The number of thiazole rings is 1. The molecule has 2 aromatic rings. The first kappa shape index (κ1) is 15.7. The SMILES string of the molecule is NC[C@H]1CC[C@@H](C(=O)Nc2nc(-c3c[nH]c(C(N)=O)c3)cs2)O1. The number of primary amides is 1. The number of carbonyl (C=O) groups excluding carboxylic acids is 2. The number of H-pyrrole nitrogens is 1. The number of nitrogens with two attached hydrogens (primary N) is 2. The van der Waals surface area contributed by atoms with Crippen LogP contribution < -0.4 is 16.8 Å². The fourth-order valence-electron chi connectivity index (χ4n) is 2.41. The Labute approximate surface area is 136 Å². The second-order valence-corrected chi connectivity index (χ2v) is 6.11. The molecule has 0 unspecified atom stereocenters. The molecule has 3 rings (SSSR count).